The van der Waals surface area contributed by atoms with Crippen LogP contribution in [0.1, 0.15) is 39.7 Å². The Labute approximate surface area is 127 Å². The maximum absolute atomic E-state index is 12.1. The number of anilines is 1. The molecule has 0 aromatic heterocycles. The smallest absolute Gasteiger partial charge is 0.232 e. The second-order valence-corrected chi connectivity index (χ2v) is 8.03. The fraction of sp³-hybridized carbons (Fsp3) is 0.600. The summed E-state index contributed by atoms with van der Waals surface area (Å²) in [6.45, 7) is 8.80. The van der Waals surface area contributed by atoms with E-state index in [-0.39, 0.29) is 11.2 Å². The Hall–Kier alpha value is -1.27. The lowest BCUT2D eigenvalue weighted by atomic mass is 9.94. The van der Waals surface area contributed by atoms with Crippen molar-refractivity contribution in [3.8, 4) is 5.75 Å². The maximum atomic E-state index is 12.1. The Balaban J connectivity index is 2.82. The summed E-state index contributed by atoms with van der Waals surface area (Å²) < 4.78 is 32.2. The third-order valence-corrected chi connectivity index (χ3v) is 4.26. The second-order valence-electron chi connectivity index (χ2n) is 6.19. The van der Waals surface area contributed by atoms with E-state index in [1.165, 1.54) is 0 Å². The van der Waals surface area contributed by atoms with E-state index in [9.17, 15) is 8.42 Å². The molecule has 0 radical (unpaired) electrons. The summed E-state index contributed by atoms with van der Waals surface area (Å²) in [6, 6.07) is 5.16. The summed E-state index contributed by atoms with van der Waals surface area (Å²) in [6.07, 6.45) is 0.600. The normalized spacial score (nSPS) is 12.2. The van der Waals surface area contributed by atoms with Crippen LogP contribution in [0.25, 0.3) is 0 Å². The number of nitrogens with one attached hydrogen (secondary N) is 1. The van der Waals surface area contributed by atoms with Crippen molar-refractivity contribution in [1.29, 1.82) is 0 Å². The molecule has 120 valence electrons. The maximum Gasteiger partial charge on any atom is 0.232 e. The van der Waals surface area contributed by atoms with E-state index >= 15 is 0 Å². The zero-order valence-electron chi connectivity index (χ0n) is 13.3. The Morgan fingerprint density at radius 2 is 1.95 bits per heavy atom. The van der Waals surface area contributed by atoms with Crippen molar-refractivity contribution in [2.45, 2.75) is 40.7 Å². The van der Waals surface area contributed by atoms with Gasteiger partial charge in [0.15, 0.2) is 0 Å². The zero-order valence-corrected chi connectivity index (χ0v) is 14.1. The zero-order chi connectivity index (χ0) is 16.1. The van der Waals surface area contributed by atoms with Gasteiger partial charge in [0.2, 0.25) is 10.0 Å². The van der Waals surface area contributed by atoms with Crippen LogP contribution in [0.3, 0.4) is 0 Å². The lowest BCUT2D eigenvalue weighted by molar-refractivity contribution is 0.336. The first-order valence-corrected chi connectivity index (χ1v) is 8.78. The number of nitrogens with two attached hydrogens (primary N) is 1. The Bertz CT molecular complexity index is 563. The van der Waals surface area contributed by atoms with Crippen molar-refractivity contribution in [1.82, 2.24) is 0 Å². The second kappa shape index (κ2) is 7.13. The van der Waals surface area contributed by atoms with Gasteiger partial charge in [-0.05, 0) is 37.0 Å². The number of sulfonamides is 1. The predicted octanol–water partition coefficient (Wildman–Crippen LogP) is 2.72. The van der Waals surface area contributed by atoms with Crippen LogP contribution in [-0.4, -0.2) is 20.8 Å². The molecule has 1 rings (SSSR count). The lowest BCUT2D eigenvalue weighted by Gasteiger charge is -2.18. The van der Waals surface area contributed by atoms with Crippen molar-refractivity contribution >= 4 is 15.7 Å². The lowest BCUT2D eigenvalue weighted by Crippen LogP contribution is -2.21. The first kappa shape index (κ1) is 17.8. The van der Waals surface area contributed by atoms with Gasteiger partial charge in [0.1, 0.15) is 5.75 Å². The Morgan fingerprint density at radius 1 is 1.29 bits per heavy atom. The minimum absolute atomic E-state index is 0.0179. The summed E-state index contributed by atoms with van der Waals surface area (Å²) in [5.41, 5.74) is 6.96. The van der Waals surface area contributed by atoms with Crippen LogP contribution >= 0.6 is 0 Å². The monoisotopic (exact) mass is 314 g/mol. The van der Waals surface area contributed by atoms with Gasteiger partial charge < -0.3 is 10.5 Å². The molecule has 0 saturated carbocycles. The van der Waals surface area contributed by atoms with E-state index in [0.29, 0.717) is 31.0 Å². The molecule has 0 unspecified atom stereocenters. The molecule has 0 heterocycles. The highest BCUT2D eigenvalue weighted by molar-refractivity contribution is 7.92. The molecule has 0 aliphatic heterocycles. The Morgan fingerprint density at radius 3 is 2.48 bits per heavy atom. The van der Waals surface area contributed by atoms with Gasteiger partial charge >= 0.3 is 0 Å². The van der Waals surface area contributed by atoms with Gasteiger partial charge in [-0.15, -0.1) is 0 Å². The standard InChI is InChI=1S/C15H26N2O3S/c1-5-20-14-7-6-13(10-12(14)11-16)17-21(18,19)9-8-15(2,3)4/h6-7,10,17H,5,8-9,11,16H2,1-4H3. The first-order valence-electron chi connectivity index (χ1n) is 7.13. The average molecular weight is 314 g/mol. The van der Waals surface area contributed by atoms with Crippen molar-refractivity contribution in [3.63, 3.8) is 0 Å². The van der Waals surface area contributed by atoms with Crippen LogP contribution in [0.15, 0.2) is 18.2 Å². The van der Waals surface area contributed by atoms with Crippen LogP contribution in [0.4, 0.5) is 5.69 Å². The van der Waals surface area contributed by atoms with Gasteiger partial charge in [-0.1, -0.05) is 20.8 Å². The highest BCUT2D eigenvalue weighted by Crippen LogP contribution is 2.24. The van der Waals surface area contributed by atoms with E-state index in [2.05, 4.69) is 4.72 Å². The molecule has 0 spiro atoms. The minimum Gasteiger partial charge on any atom is -0.494 e. The van der Waals surface area contributed by atoms with Crippen LogP contribution in [0, 0.1) is 5.41 Å². The summed E-state index contributed by atoms with van der Waals surface area (Å²) in [7, 11) is -3.35. The van der Waals surface area contributed by atoms with E-state index in [1.54, 1.807) is 18.2 Å². The first-order chi connectivity index (χ1) is 9.67. The van der Waals surface area contributed by atoms with Gasteiger partial charge in [0.05, 0.1) is 12.4 Å². The topological polar surface area (TPSA) is 81.4 Å². The third-order valence-electron chi connectivity index (χ3n) is 2.97. The van der Waals surface area contributed by atoms with Gasteiger partial charge in [0, 0.05) is 17.8 Å². The number of benzene rings is 1. The highest BCUT2D eigenvalue weighted by atomic mass is 32.2. The predicted molar refractivity (Wildman–Crippen MR) is 87.0 cm³/mol. The molecular weight excluding hydrogens is 288 g/mol. The number of hydrogen-bond acceptors (Lipinski definition) is 4. The van der Waals surface area contributed by atoms with E-state index in [4.69, 9.17) is 10.5 Å². The van der Waals surface area contributed by atoms with Crippen molar-refractivity contribution < 1.29 is 13.2 Å². The summed E-state index contributed by atoms with van der Waals surface area (Å²) in [5, 5.41) is 0. The molecule has 0 aliphatic carbocycles. The third kappa shape index (κ3) is 6.35. The molecule has 6 heteroatoms. The quantitative estimate of drug-likeness (QED) is 0.811. The molecule has 0 bridgehead atoms. The summed E-state index contributed by atoms with van der Waals surface area (Å²) in [5.74, 6) is 0.791. The fourth-order valence-corrected chi connectivity index (χ4v) is 3.24. The molecular formula is C15H26N2O3S. The molecule has 5 nitrogen and oxygen atoms in total. The largest absolute Gasteiger partial charge is 0.494 e. The molecule has 1 aromatic rings. The molecule has 0 atom stereocenters. The van der Waals surface area contributed by atoms with Gasteiger partial charge in [-0.3, -0.25) is 4.72 Å². The van der Waals surface area contributed by atoms with Gasteiger partial charge in [-0.2, -0.15) is 0 Å². The number of hydrogen-bond donors (Lipinski definition) is 2. The summed E-state index contributed by atoms with van der Waals surface area (Å²) >= 11 is 0. The molecule has 3 N–H and O–H groups in total. The minimum atomic E-state index is -3.35. The van der Waals surface area contributed by atoms with Crippen molar-refractivity contribution in [2.24, 2.45) is 11.1 Å². The molecule has 1 aromatic carbocycles. The fourth-order valence-electron chi connectivity index (χ4n) is 1.77. The number of rotatable bonds is 7. The number of ether oxygens (including phenoxy) is 1. The van der Waals surface area contributed by atoms with Crippen LogP contribution in [0.5, 0.6) is 5.75 Å². The van der Waals surface area contributed by atoms with Crippen molar-refractivity contribution in [2.75, 3.05) is 17.1 Å². The van der Waals surface area contributed by atoms with E-state index in [1.807, 2.05) is 27.7 Å². The SMILES string of the molecule is CCOc1ccc(NS(=O)(=O)CCC(C)(C)C)cc1CN. The van der Waals surface area contributed by atoms with Gasteiger partial charge in [-0.25, -0.2) is 8.42 Å². The van der Waals surface area contributed by atoms with Gasteiger partial charge in [0.25, 0.3) is 0 Å². The molecule has 21 heavy (non-hydrogen) atoms. The van der Waals surface area contributed by atoms with Crippen LogP contribution in [0.2, 0.25) is 0 Å². The summed E-state index contributed by atoms with van der Waals surface area (Å²) in [4.78, 5) is 0. The van der Waals surface area contributed by atoms with E-state index in [0.717, 1.165) is 5.56 Å². The van der Waals surface area contributed by atoms with Crippen LogP contribution in [-0.2, 0) is 16.6 Å². The van der Waals surface area contributed by atoms with Crippen LogP contribution < -0.4 is 15.2 Å². The van der Waals surface area contributed by atoms with Crippen molar-refractivity contribution in [3.05, 3.63) is 23.8 Å². The molecule has 0 fully saturated rings. The van der Waals surface area contributed by atoms with E-state index < -0.39 is 10.0 Å². The molecule has 0 saturated heterocycles. The molecule has 0 amide bonds. The Kier molecular flexibility index (Phi) is 6.04. The molecule has 0 aliphatic rings. The highest BCUT2D eigenvalue weighted by Gasteiger charge is 2.17. The average Bonchev–Trinajstić information content (AvgIpc) is 2.37.